The van der Waals surface area contributed by atoms with Crippen molar-refractivity contribution in [1.29, 1.82) is 0 Å². The third-order valence-electron chi connectivity index (χ3n) is 6.37. The summed E-state index contributed by atoms with van der Waals surface area (Å²) < 4.78 is 27.6. The number of benzene rings is 2. The molecule has 10 heteroatoms. The molecule has 0 spiro atoms. The van der Waals surface area contributed by atoms with Gasteiger partial charge >= 0.3 is 0 Å². The zero-order valence-corrected chi connectivity index (χ0v) is 20.3. The highest BCUT2D eigenvalue weighted by molar-refractivity contribution is 5.78. The second-order valence-corrected chi connectivity index (χ2v) is 8.95. The Morgan fingerprint density at radius 3 is 2.56 bits per heavy atom. The fourth-order valence-electron chi connectivity index (χ4n) is 4.09. The minimum absolute atomic E-state index is 0.0214. The number of hydrogen-bond donors (Lipinski definition) is 3. The van der Waals surface area contributed by atoms with Crippen molar-refractivity contribution >= 4 is 23.1 Å². The highest BCUT2D eigenvalue weighted by Gasteiger charge is 2.18. The van der Waals surface area contributed by atoms with Gasteiger partial charge in [0.25, 0.3) is 0 Å². The van der Waals surface area contributed by atoms with Gasteiger partial charge in [-0.3, -0.25) is 9.69 Å². The number of anilines is 3. The van der Waals surface area contributed by atoms with Crippen LogP contribution in [0.5, 0.6) is 5.75 Å². The molecule has 8 nitrogen and oxygen atoms in total. The molecule has 1 fully saturated rings. The smallest absolute Gasteiger partial charge is 0.234 e. The van der Waals surface area contributed by atoms with Gasteiger partial charge in [-0.2, -0.15) is 0 Å². The molecule has 2 heterocycles. The number of halogens is 2. The zero-order chi connectivity index (χ0) is 25.8. The first-order valence-electron chi connectivity index (χ1n) is 11.7. The molecule has 0 radical (unpaired) electrons. The molecule has 1 saturated heterocycles. The molecule has 4 rings (SSSR count). The topological polar surface area (TPSA) is 98.0 Å². The number of nitrogens with one attached hydrogen (secondary N) is 1. The molecule has 0 unspecified atom stereocenters. The van der Waals surface area contributed by atoms with Crippen molar-refractivity contribution in [3.63, 3.8) is 0 Å². The number of phenolic OH excluding ortho intramolecular Hbond substituents is 1. The minimum atomic E-state index is -0.700. The number of hydrogen-bond acceptors (Lipinski definition) is 7. The second kappa shape index (κ2) is 10.9. The highest BCUT2D eigenvalue weighted by atomic mass is 19.1. The lowest BCUT2D eigenvalue weighted by molar-refractivity contribution is -0.122. The molecule has 1 amide bonds. The van der Waals surface area contributed by atoms with Crippen LogP contribution < -0.4 is 16.0 Å². The lowest BCUT2D eigenvalue weighted by Crippen LogP contribution is -2.48. The number of nitrogens with two attached hydrogens (primary N) is 1. The Morgan fingerprint density at radius 1 is 1.11 bits per heavy atom. The van der Waals surface area contributed by atoms with Crippen LogP contribution in [0.2, 0.25) is 0 Å². The van der Waals surface area contributed by atoms with Crippen molar-refractivity contribution in [2.75, 3.05) is 57.5 Å². The van der Waals surface area contributed by atoms with Gasteiger partial charge in [0.1, 0.15) is 23.2 Å². The van der Waals surface area contributed by atoms with Gasteiger partial charge in [-0.1, -0.05) is 6.07 Å². The summed E-state index contributed by atoms with van der Waals surface area (Å²) in [5.41, 5.74) is 8.39. The predicted molar refractivity (Wildman–Crippen MR) is 136 cm³/mol. The Balaban J connectivity index is 1.45. The van der Waals surface area contributed by atoms with Crippen LogP contribution in [0.1, 0.15) is 5.56 Å². The van der Waals surface area contributed by atoms with Gasteiger partial charge in [-0.05, 0) is 43.4 Å². The minimum Gasteiger partial charge on any atom is -0.507 e. The number of nitrogens with zero attached hydrogens (tertiary/aromatic N) is 4. The molecule has 1 aliphatic heterocycles. The Hall–Kier alpha value is -3.76. The number of carbonyl (C=O) groups excluding carboxylic acids is 1. The molecule has 36 heavy (non-hydrogen) atoms. The number of aromatic hydroxyl groups is 1. The van der Waals surface area contributed by atoms with Crippen LogP contribution in [0.15, 0.2) is 48.5 Å². The molecule has 4 N–H and O–H groups in total. The van der Waals surface area contributed by atoms with Crippen molar-refractivity contribution in [3.8, 4) is 17.0 Å². The van der Waals surface area contributed by atoms with Gasteiger partial charge in [0.15, 0.2) is 0 Å². The summed E-state index contributed by atoms with van der Waals surface area (Å²) in [6, 6.07) is 11.6. The van der Waals surface area contributed by atoms with Crippen LogP contribution in [-0.2, 0) is 11.3 Å². The summed E-state index contributed by atoms with van der Waals surface area (Å²) in [6.45, 7) is 4.16. The first kappa shape index (κ1) is 25.3. The lowest BCUT2D eigenvalue weighted by atomic mass is 10.1. The van der Waals surface area contributed by atoms with Crippen LogP contribution in [-0.4, -0.2) is 72.6 Å². The summed E-state index contributed by atoms with van der Waals surface area (Å²) in [5.74, 6) is -1.23. The Bertz CT molecular complexity index is 1250. The SMILES string of the molecule is CN1CCN(CC(=O)NCc2ccc(-c3cc(N(C)c4ccc(F)cc4F)ccc3O)nc2N)CC1. The average molecular weight is 497 g/mol. The molecule has 2 aromatic carbocycles. The van der Waals surface area contributed by atoms with Gasteiger partial charge in [0, 0.05) is 62.7 Å². The molecule has 3 aromatic rings. The summed E-state index contributed by atoms with van der Waals surface area (Å²) in [6.07, 6.45) is 0. The summed E-state index contributed by atoms with van der Waals surface area (Å²) in [7, 11) is 3.71. The second-order valence-electron chi connectivity index (χ2n) is 8.95. The fraction of sp³-hybridized carbons (Fsp3) is 0.308. The number of piperazine rings is 1. The van der Waals surface area contributed by atoms with Gasteiger partial charge in [0.2, 0.25) is 5.91 Å². The Labute approximate surface area is 208 Å². The third kappa shape index (κ3) is 5.89. The highest BCUT2D eigenvalue weighted by Crippen LogP contribution is 2.35. The molecule has 0 atom stereocenters. The number of carbonyl (C=O) groups is 1. The number of rotatable bonds is 7. The average Bonchev–Trinajstić information content (AvgIpc) is 2.84. The number of amides is 1. The molecule has 1 aromatic heterocycles. The van der Waals surface area contributed by atoms with Gasteiger partial charge in [-0.25, -0.2) is 13.8 Å². The van der Waals surface area contributed by atoms with E-state index in [-0.39, 0.29) is 29.7 Å². The van der Waals surface area contributed by atoms with Crippen molar-refractivity contribution in [2.24, 2.45) is 0 Å². The van der Waals surface area contributed by atoms with Crippen LogP contribution >= 0.6 is 0 Å². The molecular formula is C26H30F2N6O2. The van der Waals surface area contributed by atoms with Crippen molar-refractivity contribution in [1.82, 2.24) is 20.1 Å². The van der Waals surface area contributed by atoms with E-state index in [9.17, 15) is 18.7 Å². The van der Waals surface area contributed by atoms with E-state index in [1.165, 1.54) is 18.2 Å². The normalized spacial score (nSPS) is 14.6. The van der Waals surface area contributed by atoms with E-state index < -0.39 is 11.6 Å². The van der Waals surface area contributed by atoms with Crippen molar-refractivity contribution < 1.29 is 18.7 Å². The van der Waals surface area contributed by atoms with E-state index >= 15 is 0 Å². The van der Waals surface area contributed by atoms with Gasteiger partial charge < -0.3 is 26.0 Å². The maximum atomic E-state index is 14.3. The standard InChI is InChI=1S/C26H30F2N6O2/c1-32-9-11-34(12-10-32)16-25(36)30-15-17-3-6-22(31-26(17)29)20-14-19(5-8-24(20)35)33(2)23-7-4-18(27)13-21(23)28/h3-8,13-14,35H,9-12,15-16H2,1-2H3,(H2,29,31)(H,30,36). The Morgan fingerprint density at radius 2 is 1.86 bits per heavy atom. The lowest BCUT2D eigenvalue weighted by Gasteiger charge is -2.31. The van der Waals surface area contributed by atoms with E-state index in [2.05, 4.69) is 27.1 Å². The maximum Gasteiger partial charge on any atom is 0.234 e. The third-order valence-corrected chi connectivity index (χ3v) is 6.37. The predicted octanol–water partition coefficient (Wildman–Crippen LogP) is 2.95. The quantitative estimate of drug-likeness (QED) is 0.463. The molecule has 0 saturated carbocycles. The van der Waals surface area contributed by atoms with E-state index in [1.807, 2.05) is 0 Å². The zero-order valence-electron chi connectivity index (χ0n) is 20.3. The van der Waals surface area contributed by atoms with Gasteiger partial charge in [0.05, 0.1) is 17.9 Å². The maximum absolute atomic E-state index is 14.3. The van der Waals surface area contributed by atoms with E-state index in [1.54, 1.807) is 36.2 Å². The Kier molecular flexibility index (Phi) is 7.66. The van der Waals surface area contributed by atoms with Crippen molar-refractivity contribution in [3.05, 3.63) is 65.7 Å². The summed E-state index contributed by atoms with van der Waals surface area (Å²) in [5, 5.41) is 13.3. The molecule has 190 valence electrons. The number of phenols is 1. The van der Waals surface area contributed by atoms with Crippen molar-refractivity contribution in [2.45, 2.75) is 6.54 Å². The van der Waals surface area contributed by atoms with Crippen LogP contribution in [0.4, 0.5) is 26.0 Å². The first-order valence-corrected chi connectivity index (χ1v) is 11.7. The van der Waals surface area contributed by atoms with E-state index in [0.29, 0.717) is 29.1 Å². The number of pyridine rings is 1. The number of aromatic nitrogens is 1. The summed E-state index contributed by atoms with van der Waals surface area (Å²) >= 11 is 0. The molecule has 1 aliphatic rings. The van der Waals surface area contributed by atoms with Gasteiger partial charge in [-0.15, -0.1) is 0 Å². The van der Waals surface area contributed by atoms with E-state index in [0.717, 1.165) is 32.2 Å². The van der Waals surface area contributed by atoms with E-state index in [4.69, 9.17) is 5.73 Å². The monoisotopic (exact) mass is 496 g/mol. The first-order chi connectivity index (χ1) is 17.2. The van der Waals surface area contributed by atoms with Crippen LogP contribution in [0.3, 0.4) is 0 Å². The largest absolute Gasteiger partial charge is 0.507 e. The van der Waals surface area contributed by atoms with Crippen LogP contribution in [0, 0.1) is 11.6 Å². The number of likely N-dealkylation sites (N-methyl/N-ethyl adjacent to an activating group) is 1. The molecule has 0 bridgehead atoms. The van der Waals surface area contributed by atoms with Crippen LogP contribution in [0.25, 0.3) is 11.3 Å². The summed E-state index contributed by atoms with van der Waals surface area (Å²) in [4.78, 5) is 22.7. The molecule has 0 aliphatic carbocycles. The number of nitrogen functional groups attached to an aromatic ring is 1. The fourth-order valence-corrected chi connectivity index (χ4v) is 4.09. The molecular weight excluding hydrogens is 466 g/mol.